The molecule has 108 valence electrons. The Morgan fingerprint density at radius 1 is 1.50 bits per heavy atom. The van der Waals surface area contributed by atoms with Gasteiger partial charge in [-0.05, 0) is 23.8 Å². The van der Waals surface area contributed by atoms with Crippen LogP contribution >= 0.6 is 11.3 Å². The van der Waals surface area contributed by atoms with Crippen LogP contribution in [0.25, 0.3) is 10.7 Å². The van der Waals surface area contributed by atoms with Gasteiger partial charge >= 0.3 is 0 Å². The summed E-state index contributed by atoms with van der Waals surface area (Å²) in [7, 11) is 0. The van der Waals surface area contributed by atoms with E-state index in [0.717, 1.165) is 17.8 Å². The van der Waals surface area contributed by atoms with Crippen LogP contribution in [0.4, 0.5) is 0 Å². The van der Waals surface area contributed by atoms with Crippen LogP contribution in [0.3, 0.4) is 0 Å². The van der Waals surface area contributed by atoms with E-state index < -0.39 is 0 Å². The summed E-state index contributed by atoms with van der Waals surface area (Å²) in [5.41, 5.74) is 0. The Hall–Kier alpha value is -1.69. The van der Waals surface area contributed by atoms with Crippen molar-refractivity contribution < 1.29 is 9.32 Å². The predicted octanol–water partition coefficient (Wildman–Crippen LogP) is 2.89. The molecule has 2 heterocycles. The highest BCUT2D eigenvalue weighted by Gasteiger charge is 2.10. The summed E-state index contributed by atoms with van der Waals surface area (Å²) in [6.07, 6.45) is 1.84. The van der Waals surface area contributed by atoms with Gasteiger partial charge in [-0.25, -0.2) is 0 Å². The molecule has 0 unspecified atom stereocenters. The van der Waals surface area contributed by atoms with Crippen LogP contribution in [0.2, 0.25) is 0 Å². The lowest BCUT2D eigenvalue weighted by molar-refractivity contribution is -0.121. The number of nitrogens with one attached hydrogen (secondary N) is 1. The molecule has 0 saturated heterocycles. The van der Waals surface area contributed by atoms with E-state index in [1.54, 1.807) is 11.3 Å². The highest BCUT2D eigenvalue weighted by molar-refractivity contribution is 7.13. The summed E-state index contributed by atoms with van der Waals surface area (Å²) in [5.74, 6) is 1.77. The van der Waals surface area contributed by atoms with Crippen molar-refractivity contribution in [3.8, 4) is 10.7 Å². The van der Waals surface area contributed by atoms with Gasteiger partial charge in [0.05, 0.1) is 4.88 Å². The Bertz CT molecular complexity index is 534. The predicted molar refractivity (Wildman–Crippen MR) is 78.4 cm³/mol. The van der Waals surface area contributed by atoms with Gasteiger partial charge in [-0.15, -0.1) is 11.3 Å². The van der Waals surface area contributed by atoms with Crippen molar-refractivity contribution in [1.82, 2.24) is 15.5 Å². The molecule has 0 aromatic carbocycles. The molecule has 0 fully saturated rings. The summed E-state index contributed by atoms with van der Waals surface area (Å²) in [5, 5.41) is 8.81. The summed E-state index contributed by atoms with van der Waals surface area (Å²) in [4.78, 5) is 16.9. The molecule has 0 bridgehead atoms. The zero-order valence-corrected chi connectivity index (χ0v) is 12.6. The van der Waals surface area contributed by atoms with Gasteiger partial charge in [-0.1, -0.05) is 25.1 Å². The van der Waals surface area contributed by atoms with Crippen LogP contribution in [0.5, 0.6) is 0 Å². The number of aromatic nitrogens is 2. The van der Waals surface area contributed by atoms with E-state index >= 15 is 0 Å². The molecule has 0 saturated carbocycles. The van der Waals surface area contributed by atoms with Crippen molar-refractivity contribution in [2.75, 3.05) is 6.54 Å². The molecule has 5 nitrogen and oxygen atoms in total. The standard InChI is InChI=1S/C14H19N3O2S/c1-10(2)9-15-12(18)6-3-7-13-16-14(17-19-13)11-5-4-8-20-11/h4-5,8,10H,3,6-7,9H2,1-2H3,(H,15,18). The van der Waals surface area contributed by atoms with E-state index in [9.17, 15) is 4.79 Å². The summed E-state index contributed by atoms with van der Waals surface area (Å²) in [6.45, 7) is 4.87. The molecule has 0 spiro atoms. The monoisotopic (exact) mass is 293 g/mol. The van der Waals surface area contributed by atoms with E-state index in [-0.39, 0.29) is 5.91 Å². The lowest BCUT2D eigenvalue weighted by atomic mass is 10.2. The Balaban J connectivity index is 1.73. The van der Waals surface area contributed by atoms with Crippen LogP contribution in [-0.2, 0) is 11.2 Å². The number of amides is 1. The molecule has 6 heteroatoms. The van der Waals surface area contributed by atoms with Crippen molar-refractivity contribution in [3.05, 3.63) is 23.4 Å². The smallest absolute Gasteiger partial charge is 0.226 e. The fourth-order valence-corrected chi connectivity index (χ4v) is 2.32. The Labute approximate surface area is 122 Å². The Morgan fingerprint density at radius 2 is 2.35 bits per heavy atom. The summed E-state index contributed by atoms with van der Waals surface area (Å²) < 4.78 is 5.18. The molecular formula is C14H19N3O2S. The first kappa shape index (κ1) is 14.7. The van der Waals surface area contributed by atoms with Crippen molar-refractivity contribution in [2.45, 2.75) is 33.1 Å². The molecule has 20 heavy (non-hydrogen) atoms. The van der Waals surface area contributed by atoms with Gasteiger partial charge in [0, 0.05) is 19.4 Å². The number of aryl methyl sites for hydroxylation is 1. The van der Waals surface area contributed by atoms with Crippen molar-refractivity contribution in [3.63, 3.8) is 0 Å². The van der Waals surface area contributed by atoms with Crippen LogP contribution in [0.1, 0.15) is 32.6 Å². The molecule has 2 aromatic rings. The van der Waals surface area contributed by atoms with Gasteiger partial charge in [0.2, 0.25) is 17.6 Å². The molecule has 0 aliphatic rings. The lowest BCUT2D eigenvalue weighted by Crippen LogP contribution is -2.27. The number of carbonyl (C=O) groups is 1. The zero-order chi connectivity index (χ0) is 14.4. The zero-order valence-electron chi connectivity index (χ0n) is 11.8. The second-order valence-corrected chi connectivity index (χ2v) is 5.99. The summed E-state index contributed by atoms with van der Waals surface area (Å²) >= 11 is 1.58. The largest absolute Gasteiger partial charge is 0.356 e. The molecule has 0 aliphatic heterocycles. The number of carbonyl (C=O) groups excluding carboxylic acids is 1. The second-order valence-electron chi connectivity index (χ2n) is 5.04. The first-order valence-corrected chi connectivity index (χ1v) is 7.66. The molecule has 0 atom stereocenters. The first-order valence-electron chi connectivity index (χ1n) is 6.78. The fourth-order valence-electron chi connectivity index (χ4n) is 1.67. The highest BCUT2D eigenvalue weighted by Crippen LogP contribution is 2.21. The van der Waals surface area contributed by atoms with Gasteiger partial charge < -0.3 is 9.84 Å². The van der Waals surface area contributed by atoms with Crippen LogP contribution in [-0.4, -0.2) is 22.6 Å². The minimum atomic E-state index is 0.0803. The number of hydrogen-bond donors (Lipinski definition) is 1. The topological polar surface area (TPSA) is 68.0 Å². The molecule has 2 rings (SSSR count). The maximum atomic E-state index is 11.6. The lowest BCUT2D eigenvalue weighted by Gasteiger charge is -2.06. The second kappa shape index (κ2) is 7.19. The van der Waals surface area contributed by atoms with E-state index in [0.29, 0.717) is 30.5 Å². The molecular weight excluding hydrogens is 274 g/mol. The van der Waals surface area contributed by atoms with Crippen molar-refractivity contribution >= 4 is 17.2 Å². The van der Waals surface area contributed by atoms with Crippen LogP contribution in [0.15, 0.2) is 22.0 Å². The van der Waals surface area contributed by atoms with Gasteiger partial charge in [0.25, 0.3) is 0 Å². The van der Waals surface area contributed by atoms with Crippen molar-refractivity contribution in [1.29, 1.82) is 0 Å². The number of thiophene rings is 1. The molecule has 1 N–H and O–H groups in total. The maximum Gasteiger partial charge on any atom is 0.226 e. The Kier molecular flexibility index (Phi) is 5.29. The molecule has 0 aliphatic carbocycles. The van der Waals surface area contributed by atoms with Crippen LogP contribution in [0, 0.1) is 5.92 Å². The van der Waals surface area contributed by atoms with E-state index in [4.69, 9.17) is 4.52 Å². The average Bonchev–Trinajstić information content (AvgIpc) is 3.06. The van der Waals surface area contributed by atoms with E-state index in [2.05, 4.69) is 29.3 Å². The van der Waals surface area contributed by atoms with Crippen LogP contribution < -0.4 is 5.32 Å². The van der Waals surface area contributed by atoms with Gasteiger partial charge in [0.1, 0.15) is 0 Å². The quantitative estimate of drug-likeness (QED) is 0.852. The number of rotatable bonds is 7. The molecule has 1 amide bonds. The SMILES string of the molecule is CC(C)CNC(=O)CCCc1nc(-c2cccs2)no1. The van der Waals surface area contributed by atoms with E-state index in [1.807, 2.05) is 17.5 Å². The number of hydrogen-bond acceptors (Lipinski definition) is 5. The fraction of sp³-hybridized carbons (Fsp3) is 0.500. The minimum Gasteiger partial charge on any atom is -0.356 e. The average molecular weight is 293 g/mol. The Morgan fingerprint density at radius 3 is 3.05 bits per heavy atom. The van der Waals surface area contributed by atoms with E-state index in [1.165, 1.54) is 0 Å². The summed E-state index contributed by atoms with van der Waals surface area (Å²) in [6, 6.07) is 3.91. The normalized spacial score (nSPS) is 10.9. The molecule has 2 aromatic heterocycles. The first-order chi connectivity index (χ1) is 9.65. The maximum absolute atomic E-state index is 11.6. The van der Waals surface area contributed by atoms with Gasteiger partial charge in [-0.2, -0.15) is 4.98 Å². The minimum absolute atomic E-state index is 0.0803. The third kappa shape index (κ3) is 4.45. The number of nitrogens with zero attached hydrogens (tertiary/aromatic N) is 2. The third-order valence-corrected chi connectivity index (χ3v) is 3.58. The van der Waals surface area contributed by atoms with Crippen molar-refractivity contribution in [2.24, 2.45) is 5.92 Å². The molecule has 0 radical (unpaired) electrons. The van der Waals surface area contributed by atoms with Gasteiger partial charge in [0.15, 0.2) is 0 Å². The third-order valence-electron chi connectivity index (χ3n) is 2.71. The highest BCUT2D eigenvalue weighted by atomic mass is 32.1. The van der Waals surface area contributed by atoms with Gasteiger partial charge in [-0.3, -0.25) is 4.79 Å².